The van der Waals surface area contributed by atoms with E-state index >= 15 is 0 Å². The zero-order valence-electron chi connectivity index (χ0n) is 17.2. The zero-order valence-corrected chi connectivity index (χ0v) is 18.8. The van der Waals surface area contributed by atoms with Gasteiger partial charge >= 0.3 is 0 Å². The third kappa shape index (κ3) is 3.15. The van der Waals surface area contributed by atoms with Crippen molar-refractivity contribution in [3.05, 3.63) is 82.6 Å². The molecule has 5 aromatic rings. The molecule has 4 nitrogen and oxygen atoms in total. The number of aromatic nitrogens is 4. The first kappa shape index (κ1) is 18.7. The Kier molecular flexibility index (Phi) is 4.39. The van der Waals surface area contributed by atoms with Gasteiger partial charge in [-0.05, 0) is 61.1 Å². The molecule has 0 saturated heterocycles. The quantitative estimate of drug-likeness (QED) is 0.296. The number of aryl methyl sites for hydroxylation is 1. The number of fused-ring (bicyclic) bond motifs is 4. The summed E-state index contributed by atoms with van der Waals surface area (Å²) >= 11 is 3.55. The van der Waals surface area contributed by atoms with Gasteiger partial charge in [0.1, 0.15) is 5.69 Å². The van der Waals surface area contributed by atoms with Crippen molar-refractivity contribution in [1.82, 2.24) is 19.7 Å². The molecule has 0 radical (unpaired) electrons. The summed E-state index contributed by atoms with van der Waals surface area (Å²) in [6.07, 6.45) is 5.32. The van der Waals surface area contributed by atoms with Gasteiger partial charge in [0.2, 0.25) is 0 Å². The summed E-state index contributed by atoms with van der Waals surface area (Å²) in [7, 11) is 0. The minimum atomic E-state index is 0.674. The highest BCUT2D eigenvalue weighted by molar-refractivity contribution is 9.10. The SMILES string of the molecule is CC1CCc2cc3cnc4c(c(-c5ccc(Br)cc5)nn4-c4ccccc4)c3nc2C1. The van der Waals surface area contributed by atoms with Crippen LogP contribution < -0.4 is 0 Å². The first-order chi connectivity index (χ1) is 15.2. The Morgan fingerprint density at radius 1 is 1.03 bits per heavy atom. The predicted octanol–water partition coefficient (Wildman–Crippen LogP) is 6.52. The highest BCUT2D eigenvalue weighted by Gasteiger charge is 2.22. The molecule has 0 saturated carbocycles. The van der Waals surface area contributed by atoms with Crippen LogP contribution in [0.2, 0.25) is 0 Å². The fourth-order valence-electron chi connectivity index (χ4n) is 4.57. The molecule has 3 heterocycles. The van der Waals surface area contributed by atoms with Crippen LogP contribution in [0.4, 0.5) is 0 Å². The van der Waals surface area contributed by atoms with Crippen molar-refractivity contribution in [2.75, 3.05) is 0 Å². The van der Waals surface area contributed by atoms with Gasteiger partial charge in [0.05, 0.1) is 16.6 Å². The molecular weight excluding hydrogens is 448 g/mol. The van der Waals surface area contributed by atoms with Crippen molar-refractivity contribution in [2.24, 2.45) is 5.92 Å². The van der Waals surface area contributed by atoms with Crippen molar-refractivity contribution >= 4 is 37.9 Å². The second-order valence-electron chi connectivity index (χ2n) is 8.44. The van der Waals surface area contributed by atoms with E-state index in [1.165, 1.54) is 17.7 Å². The molecule has 2 aromatic carbocycles. The Hall–Kier alpha value is -3.05. The maximum atomic E-state index is 5.20. The highest BCUT2D eigenvalue weighted by atomic mass is 79.9. The average Bonchev–Trinajstić information content (AvgIpc) is 3.19. The van der Waals surface area contributed by atoms with Crippen molar-refractivity contribution in [3.8, 4) is 16.9 Å². The maximum Gasteiger partial charge on any atom is 0.165 e. The van der Waals surface area contributed by atoms with E-state index in [0.717, 1.165) is 56.2 Å². The van der Waals surface area contributed by atoms with Crippen LogP contribution in [0.3, 0.4) is 0 Å². The summed E-state index contributed by atoms with van der Waals surface area (Å²) in [6, 6.07) is 20.8. The molecule has 0 aliphatic heterocycles. The molecule has 0 bridgehead atoms. The Balaban J connectivity index is 1.70. The summed E-state index contributed by atoms with van der Waals surface area (Å²) < 4.78 is 2.99. The molecule has 152 valence electrons. The van der Waals surface area contributed by atoms with Gasteiger partial charge in [0.15, 0.2) is 5.65 Å². The molecule has 3 aromatic heterocycles. The summed E-state index contributed by atoms with van der Waals surface area (Å²) in [5.74, 6) is 0.674. The van der Waals surface area contributed by atoms with Crippen LogP contribution in [0.5, 0.6) is 0 Å². The fourth-order valence-corrected chi connectivity index (χ4v) is 4.84. The van der Waals surface area contributed by atoms with E-state index in [-0.39, 0.29) is 0 Å². The maximum absolute atomic E-state index is 5.20. The molecule has 0 amide bonds. The number of rotatable bonds is 2. The summed E-state index contributed by atoms with van der Waals surface area (Å²) in [4.78, 5) is 10.1. The minimum absolute atomic E-state index is 0.674. The first-order valence-electron chi connectivity index (χ1n) is 10.7. The van der Waals surface area contributed by atoms with E-state index in [4.69, 9.17) is 15.1 Å². The van der Waals surface area contributed by atoms with Crippen LogP contribution in [0.1, 0.15) is 24.6 Å². The molecule has 6 rings (SSSR count). The number of hydrogen-bond donors (Lipinski definition) is 0. The van der Waals surface area contributed by atoms with Crippen molar-refractivity contribution < 1.29 is 0 Å². The lowest BCUT2D eigenvalue weighted by atomic mass is 9.87. The standard InChI is InChI=1S/C26H21BrN4/c1-16-7-8-18-14-19-15-28-26-23(24(19)29-22(18)13-16)25(17-9-11-20(27)12-10-17)30-31(26)21-5-3-2-4-6-21/h2-6,9-12,14-16H,7-8,13H2,1H3. The Morgan fingerprint density at radius 2 is 1.84 bits per heavy atom. The summed E-state index contributed by atoms with van der Waals surface area (Å²) in [6.45, 7) is 2.32. The van der Waals surface area contributed by atoms with Crippen LogP contribution in [0, 0.1) is 5.92 Å². The molecule has 0 fully saturated rings. The van der Waals surface area contributed by atoms with Crippen molar-refractivity contribution in [1.29, 1.82) is 0 Å². The number of halogens is 1. The molecule has 0 spiro atoms. The highest BCUT2D eigenvalue weighted by Crippen LogP contribution is 2.36. The number of nitrogens with zero attached hydrogens (tertiary/aromatic N) is 4. The van der Waals surface area contributed by atoms with Crippen LogP contribution in [-0.2, 0) is 12.8 Å². The molecule has 1 aliphatic rings. The fraction of sp³-hybridized carbons (Fsp3) is 0.192. The lowest BCUT2D eigenvalue weighted by molar-refractivity contribution is 0.493. The predicted molar refractivity (Wildman–Crippen MR) is 128 cm³/mol. The van der Waals surface area contributed by atoms with Gasteiger partial charge < -0.3 is 0 Å². The minimum Gasteiger partial charge on any atom is -0.252 e. The van der Waals surface area contributed by atoms with Gasteiger partial charge in [-0.15, -0.1) is 0 Å². The topological polar surface area (TPSA) is 43.6 Å². The van der Waals surface area contributed by atoms with Gasteiger partial charge in [-0.3, -0.25) is 4.98 Å². The Bertz CT molecular complexity index is 1420. The smallest absolute Gasteiger partial charge is 0.165 e. The number of hydrogen-bond acceptors (Lipinski definition) is 3. The Labute approximate surface area is 189 Å². The monoisotopic (exact) mass is 468 g/mol. The zero-order chi connectivity index (χ0) is 20.9. The largest absolute Gasteiger partial charge is 0.252 e. The Morgan fingerprint density at radius 3 is 2.65 bits per heavy atom. The lowest BCUT2D eigenvalue weighted by Gasteiger charge is -2.21. The molecule has 31 heavy (non-hydrogen) atoms. The molecule has 0 N–H and O–H groups in total. The van der Waals surface area contributed by atoms with Crippen LogP contribution in [-0.4, -0.2) is 19.7 Å². The summed E-state index contributed by atoms with van der Waals surface area (Å²) in [5, 5.41) is 7.14. The third-order valence-electron chi connectivity index (χ3n) is 6.21. The molecule has 1 atom stereocenters. The van der Waals surface area contributed by atoms with Gasteiger partial charge in [0, 0.05) is 27.3 Å². The molecule has 1 unspecified atom stereocenters. The second-order valence-corrected chi connectivity index (χ2v) is 9.36. The van der Waals surface area contributed by atoms with Gasteiger partial charge in [0.25, 0.3) is 0 Å². The van der Waals surface area contributed by atoms with Crippen LogP contribution in [0.25, 0.3) is 38.9 Å². The van der Waals surface area contributed by atoms with E-state index < -0.39 is 0 Å². The van der Waals surface area contributed by atoms with E-state index in [0.29, 0.717) is 5.92 Å². The molecule has 1 aliphatic carbocycles. The van der Waals surface area contributed by atoms with Crippen LogP contribution in [0.15, 0.2) is 71.3 Å². The number of pyridine rings is 2. The third-order valence-corrected chi connectivity index (χ3v) is 6.74. The van der Waals surface area contributed by atoms with E-state index in [2.05, 4.69) is 65.3 Å². The van der Waals surface area contributed by atoms with Crippen LogP contribution >= 0.6 is 15.9 Å². The first-order valence-corrected chi connectivity index (χ1v) is 11.5. The average molecular weight is 469 g/mol. The van der Waals surface area contributed by atoms with E-state index in [1.54, 1.807) is 0 Å². The molecular formula is C26H21BrN4. The normalized spacial score (nSPS) is 16.0. The second kappa shape index (κ2) is 7.27. The lowest BCUT2D eigenvalue weighted by Crippen LogP contribution is -2.13. The van der Waals surface area contributed by atoms with Crippen molar-refractivity contribution in [2.45, 2.75) is 26.2 Å². The van der Waals surface area contributed by atoms with E-state index in [1.807, 2.05) is 29.1 Å². The van der Waals surface area contributed by atoms with Gasteiger partial charge in [-0.1, -0.05) is 53.2 Å². The summed E-state index contributed by atoms with van der Waals surface area (Å²) in [5.41, 5.74) is 7.41. The number of para-hydroxylation sites is 1. The van der Waals surface area contributed by atoms with Gasteiger partial charge in [-0.25, -0.2) is 9.67 Å². The molecule has 5 heteroatoms. The van der Waals surface area contributed by atoms with E-state index in [9.17, 15) is 0 Å². The number of benzene rings is 2. The van der Waals surface area contributed by atoms with Crippen molar-refractivity contribution in [3.63, 3.8) is 0 Å². The van der Waals surface area contributed by atoms with Gasteiger partial charge in [-0.2, -0.15) is 5.10 Å².